The zero-order chi connectivity index (χ0) is 14.8. The number of nitrogens with zero attached hydrogens (tertiary/aromatic N) is 2. The lowest BCUT2D eigenvalue weighted by Gasteiger charge is -2.20. The largest absolute Gasteiger partial charge is 0.437 e. The van der Waals surface area contributed by atoms with E-state index >= 15 is 0 Å². The van der Waals surface area contributed by atoms with Crippen LogP contribution in [0, 0.1) is 6.92 Å². The van der Waals surface area contributed by atoms with Crippen LogP contribution in [-0.2, 0) is 12.0 Å². The van der Waals surface area contributed by atoms with Gasteiger partial charge in [-0.1, -0.05) is 32.9 Å². The molecule has 0 saturated carbocycles. The van der Waals surface area contributed by atoms with Crippen LogP contribution in [0.3, 0.4) is 0 Å². The smallest absolute Gasteiger partial charge is 0.238 e. The molecule has 1 aromatic heterocycles. The fourth-order valence-electron chi connectivity index (χ4n) is 1.85. The summed E-state index contributed by atoms with van der Waals surface area (Å²) in [5, 5.41) is 9.05. The first-order valence-electron chi connectivity index (χ1n) is 6.61. The summed E-state index contributed by atoms with van der Waals surface area (Å²) in [6.07, 6.45) is 3.05. The molecule has 0 unspecified atom stereocenters. The maximum absolute atomic E-state index is 9.05. The molecule has 1 heterocycles. The predicted molar refractivity (Wildman–Crippen MR) is 77.9 cm³/mol. The van der Waals surface area contributed by atoms with Gasteiger partial charge in [-0.05, 0) is 29.5 Å². The van der Waals surface area contributed by atoms with Gasteiger partial charge in [-0.2, -0.15) is 0 Å². The molecule has 1 aromatic carbocycles. The third kappa shape index (κ3) is 3.33. The highest BCUT2D eigenvalue weighted by Crippen LogP contribution is 2.29. The van der Waals surface area contributed by atoms with E-state index in [-0.39, 0.29) is 12.0 Å². The van der Waals surface area contributed by atoms with Gasteiger partial charge in [0.15, 0.2) is 0 Å². The normalized spacial score (nSPS) is 11.4. The molecule has 0 spiro atoms. The molecule has 0 aliphatic heterocycles. The molecule has 0 saturated heterocycles. The maximum Gasteiger partial charge on any atom is 0.238 e. The van der Waals surface area contributed by atoms with E-state index in [1.54, 1.807) is 0 Å². The van der Waals surface area contributed by atoms with Crippen LogP contribution in [0.2, 0.25) is 0 Å². The van der Waals surface area contributed by atoms with E-state index in [9.17, 15) is 0 Å². The lowest BCUT2D eigenvalue weighted by Crippen LogP contribution is -2.11. The zero-order valence-corrected chi connectivity index (χ0v) is 12.3. The highest BCUT2D eigenvalue weighted by Gasteiger charge is 2.15. The van der Waals surface area contributed by atoms with Gasteiger partial charge >= 0.3 is 0 Å². The van der Waals surface area contributed by atoms with Crippen molar-refractivity contribution in [1.29, 1.82) is 0 Å². The van der Waals surface area contributed by atoms with Crippen molar-refractivity contribution in [1.82, 2.24) is 9.97 Å². The lowest BCUT2D eigenvalue weighted by molar-refractivity contribution is 0.274. The van der Waals surface area contributed by atoms with Gasteiger partial charge in [-0.25, -0.2) is 4.98 Å². The third-order valence-electron chi connectivity index (χ3n) is 3.08. The van der Waals surface area contributed by atoms with Gasteiger partial charge in [-0.15, -0.1) is 0 Å². The van der Waals surface area contributed by atoms with Crippen molar-refractivity contribution in [2.75, 3.05) is 0 Å². The van der Waals surface area contributed by atoms with Gasteiger partial charge in [0.2, 0.25) is 5.88 Å². The topological polar surface area (TPSA) is 55.2 Å². The van der Waals surface area contributed by atoms with E-state index in [1.807, 2.05) is 13.0 Å². The zero-order valence-electron chi connectivity index (χ0n) is 12.3. The molecular weight excluding hydrogens is 252 g/mol. The number of rotatable bonds is 3. The van der Waals surface area contributed by atoms with Gasteiger partial charge in [0.25, 0.3) is 0 Å². The Hall–Kier alpha value is -1.94. The maximum atomic E-state index is 9.05. The van der Waals surface area contributed by atoms with E-state index in [0.717, 1.165) is 11.3 Å². The molecule has 0 bridgehead atoms. The number of benzene rings is 1. The average Bonchev–Trinajstić information content (AvgIpc) is 2.40. The van der Waals surface area contributed by atoms with Crippen molar-refractivity contribution in [3.05, 3.63) is 47.4 Å². The number of aliphatic hydroxyl groups excluding tert-OH is 1. The molecule has 0 aliphatic carbocycles. The van der Waals surface area contributed by atoms with E-state index in [1.165, 1.54) is 18.0 Å². The predicted octanol–water partition coefficient (Wildman–Crippen LogP) is 3.37. The molecule has 1 N–H and O–H groups in total. The van der Waals surface area contributed by atoms with Crippen LogP contribution in [0.1, 0.15) is 37.6 Å². The van der Waals surface area contributed by atoms with E-state index in [0.29, 0.717) is 11.6 Å². The van der Waals surface area contributed by atoms with Crippen LogP contribution in [0.5, 0.6) is 11.6 Å². The van der Waals surface area contributed by atoms with Crippen molar-refractivity contribution in [2.45, 2.75) is 39.7 Å². The summed E-state index contributed by atoms with van der Waals surface area (Å²) < 4.78 is 5.73. The molecule has 106 valence electrons. The molecule has 2 aromatic rings. The third-order valence-corrected chi connectivity index (χ3v) is 3.08. The van der Waals surface area contributed by atoms with Crippen molar-refractivity contribution in [3.8, 4) is 11.6 Å². The molecule has 0 fully saturated rings. The van der Waals surface area contributed by atoms with E-state index < -0.39 is 0 Å². The SMILES string of the molecule is Cc1cc(C(C)(C)C)ccc1Oc1cncc(CO)n1. The molecule has 0 radical (unpaired) electrons. The highest BCUT2D eigenvalue weighted by atomic mass is 16.5. The summed E-state index contributed by atoms with van der Waals surface area (Å²) in [5.74, 6) is 1.14. The Morgan fingerprint density at radius 1 is 1.20 bits per heavy atom. The quantitative estimate of drug-likeness (QED) is 0.930. The summed E-state index contributed by atoms with van der Waals surface area (Å²) in [5.41, 5.74) is 2.91. The second kappa shape index (κ2) is 5.59. The minimum absolute atomic E-state index is 0.111. The Kier molecular flexibility index (Phi) is 4.04. The standard InChI is InChI=1S/C16H20N2O2/c1-11-7-12(16(2,3)4)5-6-14(11)20-15-9-17-8-13(10-19)18-15/h5-9,19H,10H2,1-4H3. The van der Waals surface area contributed by atoms with Gasteiger partial charge in [0.1, 0.15) is 5.75 Å². The average molecular weight is 272 g/mol. The van der Waals surface area contributed by atoms with Crippen LogP contribution in [0.4, 0.5) is 0 Å². The molecule has 0 amide bonds. The Labute approximate surface area is 119 Å². The molecule has 0 atom stereocenters. The van der Waals surface area contributed by atoms with Crippen LogP contribution in [0.15, 0.2) is 30.6 Å². The fourth-order valence-corrected chi connectivity index (χ4v) is 1.85. The number of aryl methyl sites for hydroxylation is 1. The minimum atomic E-state index is -0.147. The fraction of sp³-hybridized carbons (Fsp3) is 0.375. The van der Waals surface area contributed by atoms with Gasteiger partial charge < -0.3 is 9.84 Å². The summed E-state index contributed by atoms with van der Waals surface area (Å²) in [6, 6.07) is 6.13. The number of hydrogen-bond acceptors (Lipinski definition) is 4. The Bertz CT molecular complexity index is 604. The van der Waals surface area contributed by atoms with Gasteiger partial charge in [-0.3, -0.25) is 4.98 Å². The van der Waals surface area contributed by atoms with Gasteiger partial charge in [0, 0.05) is 0 Å². The Balaban J connectivity index is 2.25. The molecule has 2 rings (SSSR count). The first-order valence-corrected chi connectivity index (χ1v) is 6.61. The molecule has 20 heavy (non-hydrogen) atoms. The van der Waals surface area contributed by atoms with Crippen LogP contribution in [-0.4, -0.2) is 15.1 Å². The summed E-state index contributed by atoms with van der Waals surface area (Å²) in [4.78, 5) is 8.15. The second-order valence-electron chi connectivity index (χ2n) is 5.84. The lowest BCUT2D eigenvalue weighted by atomic mass is 9.86. The van der Waals surface area contributed by atoms with Gasteiger partial charge in [0.05, 0.1) is 24.7 Å². The van der Waals surface area contributed by atoms with Crippen LogP contribution < -0.4 is 4.74 Å². The van der Waals surface area contributed by atoms with Crippen LogP contribution in [0.25, 0.3) is 0 Å². The monoisotopic (exact) mass is 272 g/mol. The summed E-state index contributed by atoms with van der Waals surface area (Å²) >= 11 is 0. The molecule has 4 nitrogen and oxygen atoms in total. The van der Waals surface area contributed by atoms with E-state index in [2.05, 4.69) is 42.9 Å². The van der Waals surface area contributed by atoms with Crippen molar-refractivity contribution >= 4 is 0 Å². The Morgan fingerprint density at radius 3 is 2.55 bits per heavy atom. The summed E-state index contributed by atoms with van der Waals surface area (Å²) in [7, 11) is 0. The summed E-state index contributed by atoms with van der Waals surface area (Å²) in [6.45, 7) is 8.40. The van der Waals surface area contributed by atoms with E-state index in [4.69, 9.17) is 9.84 Å². The first-order chi connectivity index (χ1) is 9.40. The van der Waals surface area contributed by atoms with Crippen LogP contribution >= 0.6 is 0 Å². The van der Waals surface area contributed by atoms with Crippen molar-refractivity contribution in [3.63, 3.8) is 0 Å². The number of hydrogen-bond donors (Lipinski definition) is 1. The molecular formula is C16H20N2O2. The second-order valence-corrected chi connectivity index (χ2v) is 5.84. The highest BCUT2D eigenvalue weighted by molar-refractivity contribution is 5.40. The Morgan fingerprint density at radius 2 is 1.95 bits per heavy atom. The van der Waals surface area contributed by atoms with Crippen molar-refractivity contribution in [2.24, 2.45) is 0 Å². The molecule has 4 heteroatoms. The first kappa shape index (κ1) is 14.5. The minimum Gasteiger partial charge on any atom is -0.437 e. The van der Waals surface area contributed by atoms with Crippen molar-refractivity contribution < 1.29 is 9.84 Å². The molecule has 0 aliphatic rings. The number of ether oxygens (including phenoxy) is 1. The number of aliphatic hydroxyl groups is 1. The number of aromatic nitrogens is 2.